The monoisotopic (exact) mass is 329 g/mol. The lowest BCUT2D eigenvalue weighted by Crippen LogP contribution is -2.43. The number of nitrogens with zero attached hydrogens (tertiary/aromatic N) is 3. The molecule has 1 aromatic rings. The largest absolute Gasteiger partial charge is 0.385 e. The molecular weight excluding hydrogens is 302 g/mol. The summed E-state index contributed by atoms with van der Waals surface area (Å²) in [4.78, 5) is 4.18. The van der Waals surface area contributed by atoms with Gasteiger partial charge in [-0.2, -0.15) is 0 Å². The highest BCUT2D eigenvalue weighted by Crippen LogP contribution is 2.30. The normalized spacial score (nSPS) is 22.1. The molecule has 0 saturated carbocycles. The van der Waals surface area contributed by atoms with Crippen LogP contribution >= 0.6 is 0 Å². The molecule has 1 fully saturated rings. The van der Waals surface area contributed by atoms with Crippen LogP contribution in [0.5, 0.6) is 0 Å². The topological polar surface area (TPSA) is 75.4 Å². The van der Waals surface area contributed by atoms with Gasteiger partial charge in [0.1, 0.15) is 11.9 Å². The number of aromatic nitrogens is 2. The molecule has 2 atom stereocenters. The standard InChI is InChI=1S/C15H27N3O3S/c1-12(2)6-10-22(20,21)18-8-4-5-13(11-18)14(19)15-16-7-9-17(15)3/h7,9,12-14,19H,4-6,8,10-11H2,1-3H3. The van der Waals surface area contributed by atoms with E-state index in [1.165, 1.54) is 0 Å². The molecule has 2 heterocycles. The van der Waals surface area contributed by atoms with E-state index in [-0.39, 0.29) is 11.7 Å². The van der Waals surface area contributed by atoms with Crippen molar-refractivity contribution in [3.05, 3.63) is 18.2 Å². The summed E-state index contributed by atoms with van der Waals surface area (Å²) in [5.41, 5.74) is 0. The van der Waals surface area contributed by atoms with Crippen molar-refractivity contribution in [2.75, 3.05) is 18.8 Å². The number of hydrogen-bond donors (Lipinski definition) is 1. The summed E-state index contributed by atoms with van der Waals surface area (Å²) in [7, 11) is -1.39. The molecule has 1 aliphatic heterocycles. The van der Waals surface area contributed by atoms with Gasteiger partial charge in [-0.3, -0.25) is 0 Å². The van der Waals surface area contributed by atoms with Crippen molar-refractivity contribution >= 4 is 10.0 Å². The number of imidazole rings is 1. The summed E-state index contributed by atoms with van der Waals surface area (Å²) in [5, 5.41) is 10.5. The van der Waals surface area contributed by atoms with Gasteiger partial charge in [0.2, 0.25) is 10.0 Å². The smallest absolute Gasteiger partial charge is 0.214 e. The lowest BCUT2D eigenvalue weighted by molar-refractivity contribution is 0.0645. The minimum atomic E-state index is -3.23. The molecule has 0 radical (unpaired) electrons. The first kappa shape index (κ1) is 17.4. The highest BCUT2D eigenvalue weighted by atomic mass is 32.2. The first-order chi connectivity index (χ1) is 10.3. The van der Waals surface area contributed by atoms with E-state index in [1.54, 1.807) is 21.3 Å². The number of sulfonamides is 1. The van der Waals surface area contributed by atoms with Crippen LogP contribution in [0.2, 0.25) is 0 Å². The van der Waals surface area contributed by atoms with Crippen LogP contribution in [-0.4, -0.2) is 46.2 Å². The average molecular weight is 329 g/mol. The SMILES string of the molecule is CC(C)CCS(=O)(=O)N1CCCC(C(O)c2nccn2C)C1. The number of hydrogen-bond acceptors (Lipinski definition) is 4. The Morgan fingerprint density at radius 1 is 1.45 bits per heavy atom. The number of rotatable bonds is 6. The van der Waals surface area contributed by atoms with Crippen LogP contribution in [0, 0.1) is 11.8 Å². The van der Waals surface area contributed by atoms with Crippen molar-refractivity contribution in [2.24, 2.45) is 18.9 Å². The van der Waals surface area contributed by atoms with E-state index in [0.717, 1.165) is 12.8 Å². The maximum absolute atomic E-state index is 12.4. The third-order valence-corrected chi connectivity index (χ3v) is 6.21. The van der Waals surface area contributed by atoms with E-state index in [4.69, 9.17) is 0 Å². The Balaban J connectivity index is 2.04. The van der Waals surface area contributed by atoms with E-state index in [0.29, 0.717) is 31.3 Å². The zero-order valence-electron chi connectivity index (χ0n) is 13.6. The van der Waals surface area contributed by atoms with E-state index >= 15 is 0 Å². The van der Waals surface area contributed by atoms with Crippen LogP contribution in [-0.2, 0) is 17.1 Å². The maximum atomic E-state index is 12.4. The molecule has 0 bridgehead atoms. The summed E-state index contributed by atoms with van der Waals surface area (Å²) in [6.45, 7) is 5.00. The van der Waals surface area contributed by atoms with Gasteiger partial charge >= 0.3 is 0 Å². The molecule has 6 nitrogen and oxygen atoms in total. The molecular formula is C15H27N3O3S. The second-order valence-electron chi connectivity index (χ2n) is 6.60. The predicted octanol–water partition coefficient (Wildman–Crippen LogP) is 1.54. The van der Waals surface area contributed by atoms with Crippen molar-refractivity contribution in [2.45, 2.75) is 39.2 Å². The van der Waals surface area contributed by atoms with Gasteiger partial charge < -0.3 is 9.67 Å². The first-order valence-corrected chi connectivity index (χ1v) is 9.55. The molecule has 0 aliphatic carbocycles. The van der Waals surface area contributed by atoms with Gasteiger partial charge in [-0.1, -0.05) is 13.8 Å². The minimum absolute atomic E-state index is 0.0938. The summed E-state index contributed by atoms with van der Waals surface area (Å²) >= 11 is 0. The third kappa shape index (κ3) is 4.08. The van der Waals surface area contributed by atoms with Crippen LogP contribution in [0.25, 0.3) is 0 Å². The number of piperidine rings is 1. The highest BCUT2D eigenvalue weighted by Gasteiger charge is 2.33. The molecule has 1 aliphatic rings. The van der Waals surface area contributed by atoms with E-state index in [1.807, 2.05) is 20.9 Å². The van der Waals surface area contributed by atoms with Crippen molar-refractivity contribution in [3.63, 3.8) is 0 Å². The molecule has 0 amide bonds. The Kier molecular flexibility index (Phi) is 5.63. The summed E-state index contributed by atoms with van der Waals surface area (Å²) in [6.07, 6.45) is 5.00. The Morgan fingerprint density at radius 3 is 2.77 bits per heavy atom. The summed E-state index contributed by atoms with van der Waals surface area (Å²) < 4.78 is 28.2. The van der Waals surface area contributed by atoms with Crippen molar-refractivity contribution < 1.29 is 13.5 Å². The lowest BCUT2D eigenvalue weighted by Gasteiger charge is -2.34. The highest BCUT2D eigenvalue weighted by molar-refractivity contribution is 7.89. The molecule has 0 spiro atoms. The molecule has 2 rings (SSSR count). The van der Waals surface area contributed by atoms with Gasteiger partial charge in [0.15, 0.2) is 0 Å². The Bertz CT molecular complexity index is 583. The minimum Gasteiger partial charge on any atom is -0.385 e. The molecule has 1 aromatic heterocycles. The maximum Gasteiger partial charge on any atom is 0.214 e. The van der Waals surface area contributed by atoms with Gasteiger partial charge in [-0.25, -0.2) is 17.7 Å². The van der Waals surface area contributed by atoms with Crippen molar-refractivity contribution in [3.8, 4) is 0 Å². The van der Waals surface area contributed by atoms with E-state index in [9.17, 15) is 13.5 Å². The first-order valence-electron chi connectivity index (χ1n) is 7.94. The summed E-state index contributed by atoms with van der Waals surface area (Å²) in [6, 6.07) is 0. The molecule has 22 heavy (non-hydrogen) atoms. The van der Waals surface area contributed by atoms with E-state index < -0.39 is 16.1 Å². The second-order valence-corrected chi connectivity index (χ2v) is 8.69. The van der Waals surface area contributed by atoms with Crippen LogP contribution < -0.4 is 0 Å². The second kappa shape index (κ2) is 7.10. The zero-order valence-corrected chi connectivity index (χ0v) is 14.5. The predicted molar refractivity (Wildman–Crippen MR) is 85.7 cm³/mol. The quantitative estimate of drug-likeness (QED) is 0.859. The fourth-order valence-electron chi connectivity index (χ4n) is 2.87. The molecule has 2 unspecified atom stereocenters. The zero-order chi connectivity index (χ0) is 16.3. The van der Waals surface area contributed by atoms with Crippen molar-refractivity contribution in [1.82, 2.24) is 13.9 Å². The molecule has 1 N–H and O–H groups in total. The van der Waals surface area contributed by atoms with Crippen LogP contribution in [0.15, 0.2) is 12.4 Å². The average Bonchev–Trinajstić information content (AvgIpc) is 2.91. The Hall–Kier alpha value is -0.920. The fourth-order valence-corrected chi connectivity index (χ4v) is 4.72. The van der Waals surface area contributed by atoms with Crippen LogP contribution in [0.1, 0.15) is 45.0 Å². The summed E-state index contributed by atoms with van der Waals surface area (Å²) in [5.74, 6) is 1.07. The van der Waals surface area contributed by atoms with Crippen LogP contribution in [0.4, 0.5) is 0 Å². The molecule has 1 saturated heterocycles. The van der Waals surface area contributed by atoms with Gasteiger partial charge in [0.25, 0.3) is 0 Å². The van der Waals surface area contributed by atoms with E-state index in [2.05, 4.69) is 4.98 Å². The number of aryl methyl sites for hydroxylation is 1. The Labute approximate surface area is 133 Å². The number of aliphatic hydroxyl groups excluding tert-OH is 1. The van der Waals surface area contributed by atoms with Gasteiger partial charge in [0.05, 0.1) is 5.75 Å². The fraction of sp³-hybridized carbons (Fsp3) is 0.800. The van der Waals surface area contributed by atoms with Gasteiger partial charge in [-0.05, 0) is 25.2 Å². The Morgan fingerprint density at radius 2 is 2.18 bits per heavy atom. The number of aliphatic hydroxyl groups is 1. The third-order valence-electron chi connectivity index (χ3n) is 4.34. The lowest BCUT2D eigenvalue weighted by atomic mass is 9.93. The van der Waals surface area contributed by atoms with Gasteiger partial charge in [-0.15, -0.1) is 0 Å². The van der Waals surface area contributed by atoms with Gasteiger partial charge in [0, 0.05) is 38.4 Å². The van der Waals surface area contributed by atoms with Crippen molar-refractivity contribution in [1.29, 1.82) is 0 Å². The van der Waals surface area contributed by atoms with Crippen LogP contribution in [0.3, 0.4) is 0 Å². The molecule has 126 valence electrons. The molecule has 7 heteroatoms. The molecule has 0 aromatic carbocycles.